The maximum atomic E-state index is 12.0. The summed E-state index contributed by atoms with van der Waals surface area (Å²) in [6.45, 7) is 1.93. The van der Waals surface area contributed by atoms with Gasteiger partial charge in [-0.1, -0.05) is 42.2 Å². The molecule has 128 valence electrons. The van der Waals surface area contributed by atoms with Gasteiger partial charge in [-0.2, -0.15) is 0 Å². The molecule has 0 radical (unpaired) electrons. The van der Waals surface area contributed by atoms with E-state index in [4.69, 9.17) is 4.74 Å². The van der Waals surface area contributed by atoms with Crippen LogP contribution in [0.15, 0.2) is 28.6 Å². The smallest absolute Gasteiger partial charge is 0.234 e. The number of methoxy groups -OCH3 is 1. The molecule has 9 heteroatoms. The molecule has 2 N–H and O–H groups in total. The van der Waals surface area contributed by atoms with Crippen LogP contribution in [0.1, 0.15) is 19.8 Å². The highest BCUT2D eigenvalue weighted by Crippen LogP contribution is 2.27. The quantitative estimate of drug-likeness (QED) is 0.551. The van der Waals surface area contributed by atoms with Gasteiger partial charge in [0, 0.05) is 6.42 Å². The van der Waals surface area contributed by atoms with E-state index in [-0.39, 0.29) is 17.6 Å². The van der Waals surface area contributed by atoms with E-state index in [1.807, 2.05) is 19.1 Å². The first-order valence-corrected chi connectivity index (χ1v) is 9.11. The van der Waals surface area contributed by atoms with Crippen LogP contribution in [0.4, 0.5) is 10.8 Å². The lowest BCUT2D eigenvalue weighted by atomic mass is 10.3. The van der Waals surface area contributed by atoms with E-state index in [0.29, 0.717) is 27.3 Å². The fourth-order valence-corrected chi connectivity index (χ4v) is 3.36. The molecule has 0 fully saturated rings. The lowest BCUT2D eigenvalue weighted by molar-refractivity contribution is -0.116. The van der Waals surface area contributed by atoms with Crippen molar-refractivity contribution in [3.63, 3.8) is 0 Å². The lowest BCUT2D eigenvalue weighted by Gasteiger charge is -2.08. The average Bonchev–Trinajstić information content (AvgIpc) is 3.01. The van der Waals surface area contributed by atoms with Crippen molar-refractivity contribution >= 4 is 45.7 Å². The normalized spacial score (nSPS) is 10.2. The monoisotopic (exact) mass is 366 g/mol. The number of benzene rings is 1. The van der Waals surface area contributed by atoms with Gasteiger partial charge in [0.25, 0.3) is 0 Å². The fraction of sp³-hybridized carbons (Fsp3) is 0.333. The third-order valence-electron chi connectivity index (χ3n) is 2.84. The molecule has 0 aliphatic heterocycles. The summed E-state index contributed by atoms with van der Waals surface area (Å²) >= 11 is 2.51. The van der Waals surface area contributed by atoms with E-state index >= 15 is 0 Å². The van der Waals surface area contributed by atoms with E-state index in [1.165, 1.54) is 23.1 Å². The first kappa shape index (κ1) is 18.2. The molecular weight excluding hydrogens is 348 g/mol. The standard InChI is InChI=1S/C15H18N4O3S2/c1-3-6-12(20)17-14-18-19-15(24-14)23-9-13(21)16-10-7-4-5-8-11(10)22-2/h4-5,7-8H,3,6,9H2,1-2H3,(H,16,21)(H,17,18,20). The molecule has 24 heavy (non-hydrogen) atoms. The molecule has 2 amide bonds. The Morgan fingerprint density at radius 1 is 1.21 bits per heavy atom. The number of amides is 2. The van der Waals surface area contributed by atoms with Crippen LogP contribution in [-0.4, -0.2) is 34.9 Å². The number of ether oxygens (including phenoxy) is 1. The zero-order valence-corrected chi connectivity index (χ0v) is 15.0. The van der Waals surface area contributed by atoms with Crippen molar-refractivity contribution in [3.8, 4) is 5.75 Å². The number of aromatic nitrogens is 2. The summed E-state index contributed by atoms with van der Waals surface area (Å²) in [6.07, 6.45) is 1.22. The molecule has 0 atom stereocenters. The Kier molecular flexibility index (Phi) is 7.01. The summed E-state index contributed by atoms with van der Waals surface area (Å²) in [5, 5.41) is 13.8. The summed E-state index contributed by atoms with van der Waals surface area (Å²) in [5.41, 5.74) is 0.621. The molecule has 7 nitrogen and oxygen atoms in total. The van der Waals surface area contributed by atoms with Crippen molar-refractivity contribution in [2.24, 2.45) is 0 Å². The van der Waals surface area contributed by atoms with Gasteiger partial charge in [0.05, 0.1) is 18.6 Å². The molecule has 0 aliphatic carbocycles. The molecule has 0 aliphatic rings. The van der Waals surface area contributed by atoms with Gasteiger partial charge in [-0.25, -0.2) is 0 Å². The lowest BCUT2D eigenvalue weighted by Crippen LogP contribution is -2.14. The van der Waals surface area contributed by atoms with Crippen LogP contribution in [0.3, 0.4) is 0 Å². The number of carbonyl (C=O) groups is 2. The van der Waals surface area contributed by atoms with Gasteiger partial charge in [0.15, 0.2) is 4.34 Å². The van der Waals surface area contributed by atoms with Gasteiger partial charge in [0.2, 0.25) is 16.9 Å². The van der Waals surface area contributed by atoms with Crippen molar-refractivity contribution in [2.45, 2.75) is 24.1 Å². The van der Waals surface area contributed by atoms with E-state index in [0.717, 1.165) is 6.42 Å². The average molecular weight is 366 g/mol. The molecular formula is C15H18N4O3S2. The Hall–Kier alpha value is -2.13. The summed E-state index contributed by atoms with van der Waals surface area (Å²) in [6, 6.07) is 7.20. The second kappa shape index (κ2) is 9.24. The van der Waals surface area contributed by atoms with Crippen molar-refractivity contribution < 1.29 is 14.3 Å². The third kappa shape index (κ3) is 5.50. The van der Waals surface area contributed by atoms with Gasteiger partial charge in [-0.15, -0.1) is 10.2 Å². The van der Waals surface area contributed by atoms with Crippen LogP contribution in [0.25, 0.3) is 0 Å². The third-order valence-corrected chi connectivity index (χ3v) is 4.81. The SMILES string of the molecule is CCCC(=O)Nc1nnc(SCC(=O)Nc2ccccc2OC)s1. The number of hydrogen-bond donors (Lipinski definition) is 2. The Balaban J connectivity index is 1.84. The van der Waals surface area contributed by atoms with Crippen molar-refractivity contribution in [1.82, 2.24) is 10.2 Å². The van der Waals surface area contributed by atoms with Gasteiger partial charge >= 0.3 is 0 Å². The largest absolute Gasteiger partial charge is 0.495 e. The Labute approximate surface area is 148 Å². The number of para-hydroxylation sites is 2. The first-order chi connectivity index (χ1) is 11.6. The summed E-state index contributed by atoms with van der Waals surface area (Å²) in [5.74, 6) is 0.540. The second-order valence-corrected chi connectivity index (χ2v) is 6.91. The van der Waals surface area contributed by atoms with E-state index in [1.54, 1.807) is 19.2 Å². The number of hydrogen-bond acceptors (Lipinski definition) is 7. The van der Waals surface area contributed by atoms with E-state index < -0.39 is 0 Å². The molecule has 0 unspecified atom stereocenters. The number of rotatable bonds is 8. The van der Waals surface area contributed by atoms with Crippen LogP contribution >= 0.6 is 23.1 Å². The summed E-state index contributed by atoms with van der Waals surface area (Å²) < 4.78 is 5.81. The number of anilines is 2. The molecule has 0 spiro atoms. The van der Waals surface area contributed by atoms with Gasteiger partial charge in [-0.3, -0.25) is 9.59 Å². The Bertz CT molecular complexity index is 706. The number of nitrogens with one attached hydrogen (secondary N) is 2. The second-order valence-electron chi connectivity index (χ2n) is 4.71. The number of nitrogens with zero attached hydrogens (tertiary/aromatic N) is 2. The minimum Gasteiger partial charge on any atom is -0.495 e. The summed E-state index contributed by atoms with van der Waals surface area (Å²) in [4.78, 5) is 23.5. The van der Waals surface area contributed by atoms with Crippen molar-refractivity contribution in [2.75, 3.05) is 23.5 Å². The predicted molar refractivity (Wildman–Crippen MR) is 95.8 cm³/mol. The van der Waals surface area contributed by atoms with Crippen molar-refractivity contribution in [3.05, 3.63) is 24.3 Å². The number of thioether (sulfide) groups is 1. The predicted octanol–water partition coefficient (Wildman–Crippen LogP) is 3.02. The zero-order valence-electron chi connectivity index (χ0n) is 13.4. The first-order valence-electron chi connectivity index (χ1n) is 7.31. The zero-order chi connectivity index (χ0) is 17.4. The highest BCUT2D eigenvalue weighted by Gasteiger charge is 2.11. The topological polar surface area (TPSA) is 93.2 Å². The van der Waals surface area contributed by atoms with Crippen LogP contribution in [0.2, 0.25) is 0 Å². The molecule has 1 heterocycles. The van der Waals surface area contributed by atoms with Gasteiger partial charge < -0.3 is 15.4 Å². The molecule has 0 saturated heterocycles. The van der Waals surface area contributed by atoms with Gasteiger partial charge in [0.1, 0.15) is 5.75 Å². The van der Waals surface area contributed by atoms with Crippen LogP contribution < -0.4 is 15.4 Å². The van der Waals surface area contributed by atoms with E-state index in [2.05, 4.69) is 20.8 Å². The minimum atomic E-state index is -0.170. The highest BCUT2D eigenvalue weighted by molar-refractivity contribution is 8.01. The maximum absolute atomic E-state index is 12.0. The molecule has 1 aromatic carbocycles. The summed E-state index contributed by atoms with van der Waals surface area (Å²) in [7, 11) is 1.55. The van der Waals surface area contributed by atoms with E-state index in [9.17, 15) is 9.59 Å². The Morgan fingerprint density at radius 3 is 2.75 bits per heavy atom. The van der Waals surface area contributed by atoms with Crippen LogP contribution in [-0.2, 0) is 9.59 Å². The number of carbonyl (C=O) groups excluding carboxylic acids is 2. The molecule has 2 aromatic rings. The Morgan fingerprint density at radius 2 is 2.00 bits per heavy atom. The van der Waals surface area contributed by atoms with Crippen LogP contribution in [0.5, 0.6) is 5.75 Å². The highest BCUT2D eigenvalue weighted by atomic mass is 32.2. The molecule has 2 rings (SSSR count). The molecule has 0 saturated carbocycles. The molecule has 0 bridgehead atoms. The van der Waals surface area contributed by atoms with Crippen LogP contribution in [0, 0.1) is 0 Å². The molecule has 1 aromatic heterocycles. The van der Waals surface area contributed by atoms with Crippen molar-refractivity contribution in [1.29, 1.82) is 0 Å². The minimum absolute atomic E-state index is 0.0842. The fourth-order valence-electron chi connectivity index (χ4n) is 1.79. The van der Waals surface area contributed by atoms with Gasteiger partial charge in [-0.05, 0) is 18.6 Å². The maximum Gasteiger partial charge on any atom is 0.234 e.